The molecule has 2 atom stereocenters. The molecule has 2 bridgehead atoms. The van der Waals surface area contributed by atoms with Gasteiger partial charge in [0, 0.05) is 30.1 Å². The van der Waals surface area contributed by atoms with Gasteiger partial charge in [-0.25, -0.2) is 0 Å². The van der Waals surface area contributed by atoms with Gasteiger partial charge in [-0.1, -0.05) is 0 Å². The molecule has 0 aliphatic carbocycles. The summed E-state index contributed by atoms with van der Waals surface area (Å²) >= 11 is 2.01. The number of hydrogen-bond acceptors (Lipinski definition) is 3. The predicted molar refractivity (Wildman–Crippen MR) is 59.2 cm³/mol. The Labute approximate surface area is 89.4 Å². The molecule has 0 saturated carbocycles. The number of carbonyl (C=O) groups excluding carboxylic acids is 1. The first-order chi connectivity index (χ1) is 6.54. The molecule has 2 heterocycles. The summed E-state index contributed by atoms with van der Waals surface area (Å²) in [5, 5.41) is 0.692. The molecule has 2 fully saturated rings. The van der Waals surface area contributed by atoms with Gasteiger partial charge < -0.3 is 10.6 Å². The van der Waals surface area contributed by atoms with Crippen LogP contribution in [0.25, 0.3) is 0 Å². The SMILES string of the molecule is CC(C)(CN)C(=O)N1CC2CC1CS2. The van der Waals surface area contributed by atoms with Crippen LogP contribution in [0.5, 0.6) is 0 Å². The summed E-state index contributed by atoms with van der Waals surface area (Å²) in [6.45, 7) is 5.26. The fourth-order valence-corrected chi connectivity index (χ4v) is 3.56. The van der Waals surface area contributed by atoms with Gasteiger partial charge in [0.2, 0.25) is 5.91 Å². The molecule has 80 valence electrons. The monoisotopic (exact) mass is 214 g/mol. The molecule has 0 aromatic heterocycles. The van der Waals surface area contributed by atoms with Gasteiger partial charge in [-0.05, 0) is 20.3 Å². The smallest absolute Gasteiger partial charge is 0.229 e. The van der Waals surface area contributed by atoms with E-state index in [1.807, 2.05) is 30.5 Å². The lowest BCUT2D eigenvalue weighted by atomic mass is 9.91. The van der Waals surface area contributed by atoms with Crippen LogP contribution in [0.2, 0.25) is 0 Å². The fourth-order valence-electron chi connectivity index (χ4n) is 2.12. The second-order valence-electron chi connectivity index (χ2n) is 4.89. The van der Waals surface area contributed by atoms with Crippen LogP contribution in [0.1, 0.15) is 20.3 Å². The Bertz CT molecular complexity index is 255. The first kappa shape index (κ1) is 10.3. The largest absolute Gasteiger partial charge is 0.337 e. The molecule has 0 radical (unpaired) electrons. The van der Waals surface area contributed by atoms with E-state index in [-0.39, 0.29) is 11.3 Å². The standard InChI is InChI=1S/C10H18N2OS/c1-10(2,6-11)9(13)12-4-8-3-7(12)5-14-8/h7-8H,3-6,11H2,1-2H3. The molecule has 2 rings (SSSR count). The minimum absolute atomic E-state index is 0.243. The van der Waals surface area contributed by atoms with E-state index >= 15 is 0 Å². The molecule has 3 nitrogen and oxygen atoms in total. The first-order valence-corrected chi connectivity index (χ1v) is 6.22. The van der Waals surface area contributed by atoms with E-state index in [1.54, 1.807) is 0 Å². The number of likely N-dealkylation sites (tertiary alicyclic amines) is 1. The van der Waals surface area contributed by atoms with E-state index < -0.39 is 0 Å². The second-order valence-corrected chi connectivity index (χ2v) is 6.22. The van der Waals surface area contributed by atoms with Crippen LogP contribution >= 0.6 is 11.8 Å². The van der Waals surface area contributed by atoms with E-state index in [9.17, 15) is 4.79 Å². The Morgan fingerprint density at radius 2 is 2.36 bits per heavy atom. The maximum Gasteiger partial charge on any atom is 0.229 e. The van der Waals surface area contributed by atoms with Gasteiger partial charge in [-0.3, -0.25) is 4.79 Å². The zero-order chi connectivity index (χ0) is 10.3. The third-order valence-corrected chi connectivity index (χ3v) is 4.64. The Morgan fingerprint density at radius 3 is 2.79 bits per heavy atom. The van der Waals surface area contributed by atoms with E-state index in [0.717, 1.165) is 12.3 Å². The maximum atomic E-state index is 12.1. The minimum atomic E-state index is -0.380. The minimum Gasteiger partial charge on any atom is -0.337 e. The normalized spacial score (nSPS) is 31.2. The van der Waals surface area contributed by atoms with Crippen LogP contribution in [0.3, 0.4) is 0 Å². The lowest BCUT2D eigenvalue weighted by Gasteiger charge is -2.33. The van der Waals surface area contributed by atoms with Gasteiger partial charge in [0.1, 0.15) is 0 Å². The molecule has 1 amide bonds. The van der Waals surface area contributed by atoms with Crippen molar-refractivity contribution in [2.45, 2.75) is 31.6 Å². The third kappa shape index (κ3) is 1.54. The van der Waals surface area contributed by atoms with E-state index in [0.29, 0.717) is 17.8 Å². The van der Waals surface area contributed by atoms with Gasteiger partial charge >= 0.3 is 0 Å². The second kappa shape index (κ2) is 3.42. The van der Waals surface area contributed by atoms with Crippen molar-refractivity contribution < 1.29 is 4.79 Å². The molecule has 14 heavy (non-hydrogen) atoms. The van der Waals surface area contributed by atoms with E-state index in [1.165, 1.54) is 6.42 Å². The van der Waals surface area contributed by atoms with Crippen molar-refractivity contribution in [3.05, 3.63) is 0 Å². The molecule has 0 aromatic rings. The van der Waals surface area contributed by atoms with Gasteiger partial charge in [0.25, 0.3) is 0 Å². The molecule has 2 N–H and O–H groups in total. The zero-order valence-electron chi connectivity index (χ0n) is 8.82. The molecular weight excluding hydrogens is 196 g/mol. The van der Waals surface area contributed by atoms with Crippen molar-refractivity contribution in [1.29, 1.82) is 0 Å². The Morgan fingerprint density at radius 1 is 1.64 bits per heavy atom. The van der Waals surface area contributed by atoms with Crippen LogP contribution in [-0.2, 0) is 4.79 Å². The van der Waals surface area contributed by atoms with Crippen molar-refractivity contribution in [2.24, 2.45) is 11.1 Å². The Hall–Kier alpha value is -0.220. The summed E-state index contributed by atoms with van der Waals surface area (Å²) in [6, 6.07) is 0.489. The summed E-state index contributed by atoms with van der Waals surface area (Å²) in [7, 11) is 0. The summed E-state index contributed by atoms with van der Waals surface area (Å²) in [6.07, 6.45) is 1.19. The van der Waals surface area contributed by atoms with Crippen LogP contribution in [0.15, 0.2) is 0 Å². The number of hydrogen-bond donors (Lipinski definition) is 1. The molecular formula is C10H18N2OS. The number of thioether (sulfide) groups is 1. The molecule has 2 aliphatic rings. The average Bonchev–Trinajstić information content (AvgIpc) is 2.77. The highest BCUT2D eigenvalue weighted by molar-refractivity contribution is 8.00. The lowest BCUT2D eigenvalue weighted by Crippen LogP contribution is -2.48. The predicted octanol–water partition coefficient (Wildman–Crippen LogP) is 0.688. The Kier molecular flexibility index (Phi) is 2.52. The quantitative estimate of drug-likeness (QED) is 0.735. The highest BCUT2D eigenvalue weighted by atomic mass is 32.2. The molecule has 2 unspecified atom stereocenters. The van der Waals surface area contributed by atoms with Gasteiger partial charge in [-0.2, -0.15) is 11.8 Å². The molecule has 2 saturated heterocycles. The van der Waals surface area contributed by atoms with E-state index in [4.69, 9.17) is 5.73 Å². The molecule has 4 heteroatoms. The van der Waals surface area contributed by atoms with Crippen LogP contribution in [0, 0.1) is 5.41 Å². The van der Waals surface area contributed by atoms with Crippen LogP contribution in [-0.4, -0.2) is 40.9 Å². The summed E-state index contributed by atoms with van der Waals surface area (Å²) < 4.78 is 0. The zero-order valence-corrected chi connectivity index (χ0v) is 9.64. The molecule has 2 aliphatic heterocycles. The molecule has 0 spiro atoms. The average molecular weight is 214 g/mol. The van der Waals surface area contributed by atoms with Gasteiger partial charge in [0.15, 0.2) is 0 Å². The van der Waals surface area contributed by atoms with Crippen molar-refractivity contribution in [2.75, 3.05) is 18.8 Å². The third-order valence-electron chi connectivity index (χ3n) is 3.25. The number of amides is 1. The summed E-state index contributed by atoms with van der Waals surface area (Å²) in [4.78, 5) is 14.2. The van der Waals surface area contributed by atoms with Crippen molar-refractivity contribution >= 4 is 17.7 Å². The number of carbonyl (C=O) groups is 1. The number of rotatable bonds is 2. The number of nitrogens with two attached hydrogens (primary N) is 1. The Balaban J connectivity index is 2.06. The topological polar surface area (TPSA) is 46.3 Å². The molecule has 0 aromatic carbocycles. The van der Waals surface area contributed by atoms with Crippen molar-refractivity contribution in [3.8, 4) is 0 Å². The van der Waals surface area contributed by atoms with Crippen molar-refractivity contribution in [1.82, 2.24) is 4.90 Å². The maximum absolute atomic E-state index is 12.1. The summed E-state index contributed by atoms with van der Waals surface area (Å²) in [5.41, 5.74) is 5.24. The van der Waals surface area contributed by atoms with Gasteiger partial charge in [-0.15, -0.1) is 0 Å². The van der Waals surface area contributed by atoms with Crippen molar-refractivity contribution in [3.63, 3.8) is 0 Å². The van der Waals surface area contributed by atoms with Gasteiger partial charge in [0.05, 0.1) is 5.41 Å². The van der Waals surface area contributed by atoms with E-state index in [2.05, 4.69) is 0 Å². The number of fused-ring (bicyclic) bond motifs is 2. The first-order valence-electron chi connectivity index (χ1n) is 5.17. The fraction of sp³-hybridized carbons (Fsp3) is 0.900. The number of nitrogens with zero attached hydrogens (tertiary/aromatic N) is 1. The highest BCUT2D eigenvalue weighted by Crippen LogP contribution is 2.39. The lowest BCUT2D eigenvalue weighted by molar-refractivity contribution is -0.140. The highest BCUT2D eigenvalue weighted by Gasteiger charge is 2.44. The van der Waals surface area contributed by atoms with Crippen LogP contribution in [0.4, 0.5) is 0 Å². The summed E-state index contributed by atoms with van der Waals surface area (Å²) in [5.74, 6) is 1.37. The van der Waals surface area contributed by atoms with Crippen LogP contribution < -0.4 is 5.73 Å².